The van der Waals surface area contributed by atoms with E-state index in [0.717, 1.165) is 17.1 Å². The predicted octanol–water partition coefficient (Wildman–Crippen LogP) is 3.22. The van der Waals surface area contributed by atoms with Gasteiger partial charge in [0.1, 0.15) is 11.6 Å². The Morgan fingerprint density at radius 3 is 2.33 bits per heavy atom. The van der Waals surface area contributed by atoms with Gasteiger partial charge < -0.3 is 5.32 Å². The van der Waals surface area contributed by atoms with Crippen molar-refractivity contribution < 1.29 is 8.78 Å². The smallest absolute Gasteiger partial charge is 0.126 e. The zero-order valence-electron chi connectivity index (χ0n) is 11.3. The van der Waals surface area contributed by atoms with E-state index in [4.69, 9.17) is 0 Å². The summed E-state index contributed by atoms with van der Waals surface area (Å²) < 4.78 is 26.8. The van der Waals surface area contributed by atoms with Crippen LogP contribution in [-0.4, -0.2) is 17.0 Å². The maximum atomic E-state index is 13.4. The predicted molar refractivity (Wildman–Crippen MR) is 76.8 cm³/mol. The molecule has 0 aliphatic rings. The normalized spacial score (nSPS) is 12.5. The molecule has 1 atom stereocenters. The first kappa shape index (κ1) is 13.6. The van der Waals surface area contributed by atoms with Crippen LogP contribution in [0.3, 0.4) is 0 Å². The van der Waals surface area contributed by atoms with Crippen molar-refractivity contribution in [1.29, 1.82) is 0 Å². The maximum Gasteiger partial charge on any atom is 0.126 e. The number of hydrogen-bond acceptors (Lipinski definition) is 3. The van der Waals surface area contributed by atoms with Gasteiger partial charge in [-0.2, -0.15) is 0 Å². The molecule has 1 N–H and O–H groups in total. The van der Waals surface area contributed by atoms with E-state index in [0.29, 0.717) is 11.3 Å². The minimum atomic E-state index is -0.612. The molecule has 3 nitrogen and oxygen atoms in total. The Balaban J connectivity index is 2.08. The monoisotopic (exact) mass is 285 g/mol. The van der Waals surface area contributed by atoms with Gasteiger partial charge in [0.25, 0.3) is 0 Å². The molecule has 0 aliphatic carbocycles. The minimum Gasteiger partial charge on any atom is -0.308 e. The van der Waals surface area contributed by atoms with Crippen molar-refractivity contribution in [3.05, 3.63) is 71.6 Å². The summed E-state index contributed by atoms with van der Waals surface area (Å²) in [5.41, 5.74) is 2.61. The molecule has 0 amide bonds. The van der Waals surface area contributed by atoms with Crippen LogP contribution in [0.1, 0.15) is 17.3 Å². The molecule has 21 heavy (non-hydrogen) atoms. The molecule has 1 unspecified atom stereocenters. The van der Waals surface area contributed by atoms with Gasteiger partial charge in [0.05, 0.1) is 29.0 Å². The van der Waals surface area contributed by atoms with E-state index in [1.807, 2.05) is 24.3 Å². The van der Waals surface area contributed by atoms with Gasteiger partial charge in [-0.1, -0.05) is 12.1 Å². The first-order valence-electron chi connectivity index (χ1n) is 6.52. The Morgan fingerprint density at radius 1 is 1.00 bits per heavy atom. The fourth-order valence-corrected chi connectivity index (χ4v) is 2.34. The second kappa shape index (κ2) is 5.54. The Morgan fingerprint density at radius 2 is 1.67 bits per heavy atom. The van der Waals surface area contributed by atoms with Gasteiger partial charge in [0.2, 0.25) is 0 Å². The highest BCUT2D eigenvalue weighted by molar-refractivity contribution is 5.73. The zero-order valence-corrected chi connectivity index (χ0v) is 11.3. The topological polar surface area (TPSA) is 37.8 Å². The molecule has 5 heteroatoms. The molecule has 1 aromatic heterocycles. The molecule has 0 saturated carbocycles. The van der Waals surface area contributed by atoms with Crippen LogP contribution in [0.4, 0.5) is 8.78 Å². The minimum absolute atomic E-state index is 0.424. The number of nitrogens with one attached hydrogen (secondary N) is 1. The lowest BCUT2D eigenvalue weighted by atomic mass is 10.0. The summed E-state index contributed by atoms with van der Waals surface area (Å²) in [7, 11) is 1.71. The molecule has 0 bridgehead atoms. The summed E-state index contributed by atoms with van der Waals surface area (Å²) >= 11 is 0. The van der Waals surface area contributed by atoms with Crippen molar-refractivity contribution in [2.75, 3.05) is 7.05 Å². The van der Waals surface area contributed by atoms with Crippen molar-refractivity contribution in [1.82, 2.24) is 15.3 Å². The molecule has 0 saturated heterocycles. The van der Waals surface area contributed by atoms with Crippen molar-refractivity contribution in [2.24, 2.45) is 0 Å². The number of aromatic nitrogens is 2. The van der Waals surface area contributed by atoms with Gasteiger partial charge in [0.15, 0.2) is 0 Å². The number of hydrogen-bond donors (Lipinski definition) is 1. The molecular weight excluding hydrogens is 272 g/mol. The standard InChI is InChI=1S/C16H13F2N3/c1-19-16(10-6-11(17)8-12(18)7-10)15-9-20-13-4-2-3-5-14(13)21-15/h2-9,16,19H,1H3. The first-order valence-corrected chi connectivity index (χ1v) is 6.52. The van der Waals surface area contributed by atoms with Gasteiger partial charge in [-0.25, -0.2) is 13.8 Å². The third-order valence-electron chi connectivity index (χ3n) is 3.27. The van der Waals surface area contributed by atoms with Crippen molar-refractivity contribution >= 4 is 11.0 Å². The molecule has 0 spiro atoms. The molecule has 1 heterocycles. The Labute approximate surface area is 120 Å². The highest BCUT2D eigenvalue weighted by atomic mass is 19.1. The summed E-state index contributed by atoms with van der Waals surface area (Å²) in [5, 5.41) is 3.02. The highest BCUT2D eigenvalue weighted by Crippen LogP contribution is 2.23. The van der Waals surface area contributed by atoms with Crippen molar-refractivity contribution in [3.63, 3.8) is 0 Å². The van der Waals surface area contributed by atoms with E-state index in [-0.39, 0.29) is 0 Å². The second-order valence-corrected chi connectivity index (χ2v) is 4.71. The van der Waals surface area contributed by atoms with E-state index in [1.54, 1.807) is 13.2 Å². The number of fused-ring (bicyclic) bond motifs is 1. The fraction of sp³-hybridized carbons (Fsp3) is 0.125. The number of halogens is 2. The number of benzene rings is 2. The van der Waals surface area contributed by atoms with E-state index in [9.17, 15) is 8.78 Å². The highest BCUT2D eigenvalue weighted by Gasteiger charge is 2.16. The third kappa shape index (κ3) is 2.73. The van der Waals surface area contributed by atoms with Crippen molar-refractivity contribution in [2.45, 2.75) is 6.04 Å². The van der Waals surface area contributed by atoms with E-state index >= 15 is 0 Å². The summed E-state index contributed by atoms with van der Waals surface area (Å²) in [6.07, 6.45) is 1.62. The number of nitrogens with zero attached hydrogens (tertiary/aromatic N) is 2. The summed E-state index contributed by atoms with van der Waals surface area (Å²) in [4.78, 5) is 8.84. The molecule has 106 valence electrons. The van der Waals surface area contributed by atoms with E-state index < -0.39 is 17.7 Å². The summed E-state index contributed by atoms with van der Waals surface area (Å²) in [6, 6.07) is 10.5. The first-order chi connectivity index (χ1) is 10.2. The van der Waals surface area contributed by atoms with Crippen LogP contribution in [0.15, 0.2) is 48.7 Å². The molecule has 0 fully saturated rings. The van der Waals surface area contributed by atoms with Gasteiger partial charge >= 0.3 is 0 Å². The van der Waals surface area contributed by atoms with Gasteiger partial charge in [-0.15, -0.1) is 0 Å². The summed E-state index contributed by atoms with van der Waals surface area (Å²) in [6.45, 7) is 0. The molecule has 3 aromatic rings. The van der Waals surface area contributed by atoms with Crippen LogP contribution >= 0.6 is 0 Å². The third-order valence-corrected chi connectivity index (χ3v) is 3.27. The average Bonchev–Trinajstić information content (AvgIpc) is 2.47. The second-order valence-electron chi connectivity index (χ2n) is 4.71. The van der Waals surface area contributed by atoms with Crippen LogP contribution in [0.25, 0.3) is 11.0 Å². The van der Waals surface area contributed by atoms with Crippen LogP contribution < -0.4 is 5.32 Å². The number of para-hydroxylation sites is 2. The van der Waals surface area contributed by atoms with Gasteiger partial charge in [-0.05, 0) is 36.9 Å². The Bertz CT molecular complexity index is 769. The molecule has 0 aliphatic heterocycles. The summed E-state index contributed by atoms with van der Waals surface area (Å²) in [5.74, 6) is -1.22. The Hall–Kier alpha value is -2.40. The number of rotatable bonds is 3. The zero-order chi connectivity index (χ0) is 14.8. The molecular formula is C16H13F2N3. The van der Waals surface area contributed by atoms with Crippen LogP contribution in [0.2, 0.25) is 0 Å². The van der Waals surface area contributed by atoms with Crippen molar-refractivity contribution in [3.8, 4) is 0 Å². The molecule has 2 aromatic carbocycles. The van der Waals surface area contributed by atoms with Crippen LogP contribution in [0.5, 0.6) is 0 Å². The lowest BCUT2D eigenvalue weighted by Gasteiger charge is -2.16. The van der Waals surface area contributed by atoms with Crippen LogP contribution in [-0.2, 0) is 0 Å². The quantitative estimate of drug-likeness (QED) is 0.803. The molecule has 0 radical (unpaired) electrons. The lowest BCUT2D eigenvalue weighted by Crippen LogP contribution is -2.19. The largest absolute Gasteiger partial charge is 0.308 e. The van der Waals surface area contributed by atoms with E-state index in [1.165, 1.54) is 12.1 Å². The SMILES string of the molecule is CNC(c1cc(F)cc(F)c1)c1cnc2ccccc2n1. The van der Waals surface area contributed by atoms with Gasteiger partial charge in [-0.3, -0.25) is 4.98 Å². The maximum absolute atomic E-state index is 13.4. The average molecular weight is 285 g/mol. The van der Waals surface area contributed by atoms with Crippen LogP contribution in [0, 0.1) is 11.6 Å². The van der Waals surface area contributed by atoms with E-state index in [2.05, 4.69) is 15.3 Å². The lowest BCUT2D eigenvalue weighted by molar-refractivity contribution is 0.570. The van der Waals surface area contributed by atoms with Gasteiger partial charge in [0, 0.05) is 6.07 Å². The fourth-order valence-electron chi connectivity index (χ4n) is 2.34. The molecule has 3 rings (SSSR count). The Kier molecular flexibility index (Phi) is 3.58.